The molecule has 2 nitrogen and oxygen atoms in total. The summed E-state index contributed by atoms with van der Waals surface area (Å²) in [5.41, 5.74) is 1.11. The van der Waals surface area contributed by atoms with E-state index in [2.05, 4.69) is 6.92 Å². The van der Waals surface area contributed by atoms with E-state index in [1.807, 2.05) is 11.9 Å². The molecule has 94 valence electrons. The van der Waals surface area contributed by atoms with Crippen LogP contribution >= 0.6 is 0 Å². The summed E-state index contributed by atoms with van der Waals surface area (Å²) in [5, 5.41) is 0. The van der Waals surface area contributed by atoms with Gasteiger partial charge in [-0.2, -0.15) is 0 Å². The zero-order valence-corrected chi connectivity index (χ0v) is 10.8. The van der Waals surface area contributed by atoms with Crippen LogP contribution in [0.4, 0.5) is 4.39 Å². The van der Waals surface area contributed by atoms with Gasteiger partial charge in [-0.25, -0.2) is 4.39 Å². The molecule has 0 heterocycles. The van der Waals surface area contributed by atoms with Gasteiger partial charge in [0, 0.05) is 5.56 Å². The van der Waals surface area contributed by atoms with Crippen LogP contribution in [0.5, 0.6) is 0 Å². The quantitative estimate of drug-likeness (QED) is 0.709. The van der Waals surface area contributed by atoms with Crippen LogP contribution in [-0.4, -0.2) is 30.8 Å². The second kappa shape index (κ2) is 6.50. The third-order valence-electron chi connectivity index (χ3n) is 2.79. The van der Waals surface area contributed by atoms with Crippen molar-refractivity contribution >= 4 is 5.78 Å². The summed E-state index contributed by atoms with van der Waals surface area (Å²) in [6.45, 7) is 5.11. The summed E-state index contributed by atoms with van der Waals surface area (Å²) < 4.78 is 13.1. The van der Waals surface area contributed by atoms with Gasteiger partial charge in [0.25, 0.3) is 0 Å². The van der Waals surface area contributed by atoms with E-state index in [-0.39, 0.29) is 11.6 Å². The molecule has 0 fully saturated rings. The minimum atomic E-state index is -0.263. The number of benzene rings is 1. The van der Waals surface area contributed by atoms with Gasteiger partial charge in [-0.3, -0.25) is 9.69 Å². The Kier molecular flexibility index (Phi) is 5.29. The summed E-state index contributed by atoms with van der Waals surface area (Å²) in [5.74, 6) is -0.215. The number of hydrogen-bond donors (Lipinski definition) is 0. The Hall–Kier alpha value is -1.22. The fraction of sp³-hybridized carbons (Fsp3) is 0.500. The van der Waals surface area contributed by atoms with Gasteiger partial charge >= 0.3 is 0 Å². The minimum Gasteiger partial charge on any atom is -0.299 e. The molecule has 3 heteroatoms. The number of aryl methyl sites for hydroxylation is 1. The number of carbonyl (C=O) groups is 1. The number of halogens is 1. The highest BCUT2D eigenvalue weighted by Gasteiger charge is 2.10. The lowest BCUT2D eigenvalue weighted by Gasteiger charge is -2.15. The molecule has 0 saturated carbocycles. The predicted octanol–water partition coefficient (Wildman–Crippen LogP) is 3.05. The summed E-state index contributed by atoms with van der Waals surface area (Å²) in [7, 11) is 1.93. The molecule has 0 N–H and O–H groups in total. The fourth-order valence-corrected chi connectivity index (χ4v) is 1.66. The molecular weight excluding hydrogens is 217 g/mol. The van der Waals surface area contributed by atoms with Crippen molar-refractivity contribution in [1.82, 2.24) is 4.90 Å². The second-order valence-corrected chi connectivity index (χ2v) is 4.48. The van der Waals surface area contributed by atoms with Crippen molar-refractivity contribution in [3.8, 4) is 0 Å². The Balaban J connectivity index is 2.60. The monoisotopic (exact) mass is 237 g/mol. The molecule has 0 aliphatic heterocycles. The topological polar surface area (TPSA) is 20.3 Å². The lowest BCUT2D eigenvalue weighted by Crippen LogP contribution is -2.27. The molecule has 0 bridgehead atoms. The van der Waals surface area contributed by atoms with Crippen molar-refractivity contribution in [3.63, 3.8) is 0 Å². The normalized spacial score (nSPS) is 10.9. The highest BCUT2D eigenvalue weighted by atomic mass is 19.1. The molecule has 0 aromatic heterocycles. The largest absolute Gasteiger partial charge is 0.299 e. The van der Waals surface area contributed by atoms with Gasteiger partial charge in [-0.15, -0.1) is 0 Å². The molecule has 0 unspecified atom stereocenters. The zero-order chi connectivity index (χ0) is 12.8. The van der Waals surface area contributed by atoms with Crippen molar-refractivity contribution in [2.24, 2.45) is 0 Å². The lowest BCUT2D eigenvalue weighted by molar-refractivity contribution is 0.0945. The van der Waals surface area contributed by atoms with Gasteiger partial charge in [-0.1, -0.05) is 13.3 Å². The van der Waals surface area contributed by atoms with E-state index < -0.39 is 0 Å². The van der Waals surface area contributed by atoms with Crippen molar-refractivity contribution in [1.29, 1.82) is 0 Å². The summed E-state index contributed by atoms with van der Waals surface area (Å²) in [6, 6.07) is 4.53. The Morgan fingerprint density at radius 1 is 1.41 bits per heavy atom. The van der Waals surface area contributed by atoms with E-state index in [9.17, 15) is 9.18 Å². The molecule has 0 spiro atoms. The van der Waals surface area contributed by atoms with Gasteiger partial charge in [0.1, 0.15) is 5.82 Å². The van der Waals surface area contributed by atoms with Crippen molar-refractivity contribution in [2.45, 2.75) is 26.7 Å². The van der Waals surface area contributed by atoms with Gasteiger partial charge in [-0.05, 0) is 50.7 Å². The van der Waals surface area contributed by atoms with Crippen molar-refractivity contribution < 1.29 is 9.18 Å². The number of likely N-dealkylation sites (N-methyl/N-ethyl adjacent to an activating group) is 1. The number of nitrogens with zero attached hydrogens (tertiary/aromatic N) is 1. The molecule has 0 amide bonds. The molecule has 0 aliphatic rings. The van der Waals surface area contributed by atoms with Gasteiger partial charge < -0.3 is 0 Å². The van der Waals surface area contributed by atoms with Crippen LogP contribution in [-0.2, 0) is 0 Å². The standard InChI is InChI=1S/C14H20FNO/c1-4-5-8-16(3)10-14(17)12-6-7-13(15)11(2)9-12/h6-7,9H,4-5,8,10H2,1-3H3. The SMILES string of the molecule is CCCCN(C)CC(=O)c1ccc(F)c(C)c1. The molecule has 0 radical (unpaired) electrons. The maximum Gasteiger partial charge on any atom is 0.176 e. The summed E-state index contributed by atoms with van der Waals surface area (Å²) >= 11 is 0. The summed E-state index contributed by atoms with van der Waals surface area (Å²) in [6.07, 6.45) is 2.21. The smallest absolute Gasteiger partial charge is 0.176 e. The van der Waals surface area contributed by atoms with Crippen LogP contribution in [0, 0.1) is 12.7 Å². The van der Waals surface area contributed by atoms with Crippen LogP contribution in [0.25, 0.3) is 0 Å². The van der Waals surface area contributed by atoms with Crippen LogP contribution < -0.4 is 0 Å². The molecule has 1 aromatic rings. The molecule has 0 atom stereocenters. The first-order valence-electron chi connectivity index (χ1n) is 6.02. The van der Waals surface area contributed by atoms with Gasteiger partial charge in [0.15, 0.2) is 5.78 Å². The molecule has 1 aromatic carbocycles. The van der Waals surface area contributed by atoms with E-state index in [1.54, 1.807) is 19.1 Å². The van der Waals surface area contributed by atoms with Crippen LogP contribution in [0.15, 0.2) is 18.2 Å². The number of unbranched alkanes of at least 4 members (excludes halogenated alkanes) is 1. The molecule has 0 aliphatic carbocycles. The van der Waals surface area contributed by atoms with E-state index in [4.69, 9.17) is 0 Å². The van der Waals surface area contributed by atoms with Crippen molar-refractivity contribution in [2.75, 3.05) is 20.1 Å². The Morgan fingerprint density at radius 2 is 2.12 bits per heavy atom. The first-order chi connectivity index (χ1) is 8.04. The lowest BCUT2D eigenvalue weighted by atomic mass is 10.1. The maximum absolute atomic E-state index is 13.1. The van der Waals surface area contributed by atoms with Crippen LogP contribution in [0.2, 0.25) is 0 Å². The Bertz CT molecular complexity index is 390. The molecule has 17 heavy (non-hydrogen) atoms. The minimum absolute atomic E-state index is 0.0479. The molecule has 1 rings (SSSR count). The molecular formula is C14H20FNO. The van der Waals surface area contributed by atoms with Crippen LogP contribution in [0.1, 0.15) is 35.7 Å². The second-order valence-electron chi connectivity index (χ2n) is 4.48. The van der Waals surface area contributed by atoms with E-state index in [0.717, 1.165) is 19.4 Å². The number of carbonyl (C=O) groups excluding carboxylic acids is 1. The van der Waals surface area contributed by atoms with Crippen molar-refractivity contribution in [3.05, 3.63) is 35.1 Å². The third-order valence-corrected chi connectivity index (χ3v) is 2.79. The highest BCUT2D eigenvalue weighted by Crippen LogP contribution is 2.10. The average Bonchev–Trinajstić information content (AvgIpc) is 2.30. The third kappa shape index (κ3) is 4.27. The Labute approximate surface area is 102 Å². The van der Waals surface area contributed by atoms with E-state index in [0.29, 0.717) is 17.7 Å². The summed E-state index contributed by atoms with van der Waals surface area (Å²) in [4.78, 5) is 13.9. The number of rotatable bonds is 6. The zero-order valence-electron chi connectivity index (χ0n) is 10.8. The fourth-order valence-electron chi connectivity index (χ4n) is 1.66. The van der Waals surface area contributed by atoms with Crippen LogP contribution in [0.3, 0.4) is 0 Å². The Morgan fingerprint density at radius 3 is 2.71 bits per heavy atom. The predicted molar refractivity (Wildman–Crippen MR) is 67.9 cm³/mol. The maximum atomic E-state index is 13.1. The van der Waals surface area contributed by atoms with E-state index in [1.165, 1.54) is 6.07 Å². The average molecular weight is 237 g/mol. The first-order valence-corrected chi connectivity index (χ1v) is 6.02. The number of Topliss-reactive ketones (excluding diaryl/α,β-unsaturated/α-hetero) is 1. The highest BCUT2D eigenvalue weighted by molar-refractivity contribution is 5.97. The van der Waals surface area contributed by atoms with E-state index >= 15 is 0 Å². The van der Waals surface area contributed by atoms with Gasteiger partial charge in [0.05, 0.1) is 6.54 Å². The molecule has 0 saturated heterocycles. The van der Waals surface area contributed by atoms with Gasteiger partial charge in [0.2, 0.25) is 0 Å². The number of ketones is 1. The number of hydrogen-bond acceptors (Lipinski definition) is 2. The first kappa shape index (κ1) is 13.8.